The van der Waals surface area contributed by atoms with Gasteiger partial charge in [-0.25, -0.2) is 9.78 Å². The highest BCUT2D eigenvalue weighted by molar-refractivity contribution is 7.09. The maximum Gasteiger partial charge on any atom is 0.331 e. The van der Waals surface area contributed by atoms with Crippen molar-refractivity contribution < 1.29 is 19.2 Å². The van der Waals surface area contributed by atoms with Crippen molar-refractivity contribution >= 4 is 34.9 Å². The molecule has 1 aromatic heterocycles. The van der Waals surface area contributed by atoms with Gasteiger partial charge in [-0.2, -0.15) is 5.26 Å². The Morgan fingerprint density at radius 2 is 2.19 bits per heavy atom. The lowest BCUT2D eigenvalue weighted by atomic mass is 10.1. The van der Waals surface area contributed by atoms with Gasteiger partial charge in [-0.1, -0.05) is 12.1 Å². The molecular weight excluding hydrogens is 358 g/mol. The van der Waals surface area contributed by atoms with E-state index in [4.69, 9.17) is 10.00 Å². The highest BCUT2D eigenvalue weighted by Gasteiger charge is 2.24. The maximum atomic E-state index is 12.1. The number of aromatic nitrogens is 1. The SMILES string of the molecule is Cc1csc(C(C#N)C(=O)COC(=O)/C=C/c2ccccc2[N+](=O)[O-])n1. The molecule has 0 aliphatic rings. The van der Waals surface area contributed by atoms with Gasteiger partial charge < -0.3 is 4.74 Å². The van der Waals surface area contributed by atoms with Gasteiger partial charge in [-0.15, -0.1) is 11.3 Å². The number of nitrogens with zero attached hydrogens (tertiary/aromatic N) is 3. The molecule has 1 unspecified atom stereocenters. The average Bonchev–Trinajstić information content (AvgIpc) is 3.05. The molecule has 1 atom stereocenters. The van der Waals surface area contributed by atoms with E-state index in [9.17, 15) is 19.7 Å². The monoisotopic (exact) mass is 371 g/mol. The van der Waals surface area contributed by atoms with Crippen LogP contribution < -0.4 is 0 Å². The Bertz CT molecular complexity index is 913. The standard InChI is InChI=1S/C17H13N3O5S/c1-11-10-26-17(19-11)13(8-18)15(21)9-25-16(22)7-6-12-4-2-3-5-14(12)20(23)24/h2-7,10,13H,9H2,1H3/b7-6+. The lowest BCUT2D eigenvalue weighted by Gasteiger charge is -2.05. The van der Waals surface area contributed by atoms with Gasteiger partial charge in [0.15, 0.2) is 18.3 Å². The van der Waals surface area contributed by atoms with Crippen molar-refractivity contribution in [2.75, 3.05) is 6.61 Å². The van der Waals surface area contributed by atoms with E-state index in [1.165, 1.54) is 35.6 Å². The molecule has 2 aromatic rings. The predicted molar refractivity (Wildman–Crippen MR) is 93.3 cm³/mol. The van der Waals surface area contributed by atoms with E-state index in [0.29, 0.717) is 10.7 Å². The summed E-state index contributed by atoms with van der Waals surface area (Å²) in [6.45, 7) is 1.16. The Hall–Kier alpha value is -3.38. The number of nitriles is 1. The van der Waals surface area contributed by atoms with E-state index in [1.54, 1.807) is 18.4 Å². The fourth-order valence-corrected chi connectivity index (χ4v) is 2.86. The molecule has 1 aromatic carbocycles. The number of carbonyl (C=O) groups is 2. The van der Waals surface area contributed by atoms with Crippen molar-refractivity contribution in [2.24, 2.45) is 0 Å². The zero-order valence-corrected chi connectivity index (χ0v) is 14.4. The predicted octanol–water partition coefficient (Wildman–Crippen LogP) is 2.79. The second-order valence-electron chi connectivity index (χ2n) is 5.11. The normalized spacial score (nSPS) is 11.7. The second kappa shape index (κ2) is 8.64. The summed E-state index contributed by atoms with van der Waals surface area (Å²) < 4.78 is 4.82. The summed E-state index contributed by atoms with van der Waals surface area (Å²) in [4.78, 5) is 38.2. The van der Waals surface area contributed by atoms with Crippen molar-refractivity contribution in [3.8, 4) is 6.07 Å². The van der Waals surface area contributed by atoms with E-state index in [0.717, 1.165) is 6.08 Å². The van der Waals surface area contributed by atoms with Gasteiger partial charge in [0, 0.05) is 23.2 Å². The number of Topliss-reactive ketones (excluding diaryl/α,β-unsaturated/α-hetero) is 1. The van der Waals surface area contributed by atoms with E-state index in [1.807, 2.05) is 6.07 Å². The Morgan fingerprint density at radius 3 is 2.81 bits per heavy atom. The summed E-state index contributed by atoms with van der Waals surface area (Å²) in [7, 11) is 0. The average molecular weight is 371 g/mol. The molecule has 0 aliphatic carbocycles. The van der Waals surface area contributed by atoms with E-state index < -0.39 is 29.2 Å². The van der Waals surface area contributed by atoms with Gasteiger partial charge in [0.05, 0.1) is 16.6 Å². The van der Waals surface area contributed by atoms with Crippen molar-refractivity contribution in [1.82, 2.24) is 4.98 Å². The number of ketones is 1. The number of thiazole rings is 1. The third-order valence-electron chi connectivity index (χ3n) is 3.22. The Labute approximate surface area is 152 Å². The molecular formula is C17H13N3O5S. The molecule has 0 fully saturated rings. The van der Waals surface area contributed by atoms with Gasteiger partial charge in [-0.3, -0.25) is 14.9 Å². The molecule has 2 rings (SSSR count). The zero-order chi connectivity index (χ0) is 19.1. The third-order valence-corrected chi connectivity index (χ3v) is 4.25. The van der Waals surface area contributed by atoms with Crippen LogP contribution in [0.2, 0.25) is 0 Å². The third kappa shape index (κ3) is 4.81. The molecule has 0 N–H and O–H groups in total. The number of hydrogen-bond acceptors (Lipinski definition) is 8. The Kier molecular flexibility index (Phi) is 6.30. The van der Waals surface area contributed by atoms with Crippen LogP contribution >= 0.6 is 11.3 Å². The van der Waals surface area contributed by atoms with Crippen LogP contribution in [0.25, 0.3) is 6.08 Å². The quantitative estimate of drug-likeness (QED) is 0.317. The second-order valence-corrected chi connectivity index (χ2v) is 6.00. The molecule has 0 amide bonds. The first-order valence-corrected chi connectivity index (χ1v) is 8.23. The van der Waals surface area contributed by atoms with Gasteiger partial charge in [0.1, 0.15) is 5.01 Å². The molecule has 132 valence electrons. The molecule has 0 saturated carbocycles. The summed E-state index contributed by atoms with van der Waals surface area (Å²) >= 11 is 1.18. The van der Waals surface area contributed by atoms with Gasteiger partial charge in [0.25, 0.3) is 5.69 Å². The summed E-state index contributed by atoms with van der Waals surface area (Å²) in [6, 6.07) is 7.73. The largest absolute Gasteiger partial charge is 0.454 e. The summed E-state index contributed by atoms with van der Waals surface area (Å²) in [5.74, 6) is -2.53. The lowest BCUT2D eigenvalue weighted by Crippen LogP contribution is -2.19. The smallest absolute Gasteiger partial charge is 0.331 e. The minimum Gasteiger partial charge on any atom is -0.454 e. The number of esters is 1. The molecule has 0 aliphatic heterocycles. The van der Waals surface area contributed by atoms with Crippen LogP contribution in [0.5, 0.6) is 0 Å². The number of nitro benzene ring substituents is 1. The van der Waals surface area contributed by atoms with Crippen LogP contribution in [-0.4, -0.2) is 28.3 Å². The molecule has 9 heteroatoms. The molecule has 8 nitrogen and oxygen atoms in total. The molecule has 26 heavy (non-hydrogen) atoms. The number of benzene rings is 1. The zero-order valence-electron chi connectivity index (χ0n) is 13.6. The van der Waals surface area contributed by atoms with Crippen molar-refractivity contribution in [3.05, 3.63) is 62.1 Å². The molecule has 0 saturated heterocycles. The summed E-state index contributed by atoms with van der Waals surface area (Å²) in [5.41, 5.74) is 0.771. The van der Waals surface area contributed by atoms with Gasteiger partial charge in [0.2, 0.25) is 0 Å². The number of rotatable bonds is 7. The van der Waals surface area contributed by atoms with Crippen LogP contribution in [0, 0.1) is 28.4 Å². The highest BCUT2D eigenvalue weighted by Crippen LogP contribution is 2.21. The topological polar surface area (TPSA) is 123 Å². The van der Waals surface area contributed by atoms with Crippen molar-refractivity contribution in [3.63, 3.8) is 0 Å². The van der Waals surface area contributed by atoms with Crippen LogP contribution in [0.4, 0.5) is 5.69 Å². The fourth-order valence-electron chi connectivity index (χ4n) is 2.00. The van der Waals surface area contributed by atoms with Gasteiger partial charge >= 0.3 is 5.97 Å². The van der Waals surface area contributed by atoms with Crippen molar-refractivity contribution in [2.45, 2.75) is 12.8 Å². The fraction of sp³-hybridized carbons (Fsp3) is 0.176. The minimum absolute atomic E-state index is 0.156. The van der Waals surface area contributed by atoms with E-state index in [2.05, 4.69) is 4.98 Å². The lowest BCUT2D eigenvalue weighted by molar-refractivity contribution is -0.385. The van der Waals surface area contributed by atoms with Crippen LogP contribution in [0.3, 0.4) is 0 Å². The minimum atomic E-state index is -1.10. The number of nitro groups is 1. The highest BCUT2D eigenvalue weighted by atomic mass is 32.1. The first-order chi connectivity index (χ1) is 12.4. The van der Waals surface area contributed by atoms with Crippen LogP contribution in [0.15, 0.2) is 35.7 Å². The summed E-state index contributed by atoms with van der Waals surface area (Å²) in [5, 5.41) is 22.1. The molecule has 1 heterocycles. The number of para-hydroxylation sites is 1. The molecule has 0 spiro atoms. The Morgan fingerprint density at radius 1 is 1.46 bits per heavy atom. The first-order valence-electron chi connectivity index (χ1n) is 7.35. The first kappa shape index (κ1) is 19.0. The van der Waals surface area contributed by atoms with E-state index >= 15 is 0 Å². The van der Waals surface area contributed by atoms with E-state index in [-0.39, 0.29) is 11.3 Å². The number of aryl methyl sites for hydroxylation is 1. The number of carbonyl (C=O) groups excluding carboxylic acids is 2. The number of ether oxygens (including phenoxy) is 1. The summed E-state index contributed by atoms with van der Waals surface area (Å²) in [6.07, 6.45) is 2.22. The maximum absolute atomic E-state index is 12.1. The Balaban J connectivity index is 1.97. The number of hydrogen-bond donors (Lipinski definition) is 0. The van der Waals surface area contributed by atoms with Crippen molar-refractivity contribution in [1.29, 1.82) is 5.26 Å². The van der Waals surface area contributed by atoms with Crippen LogP contribution in [-0.2, 0) is 14.3 Å². The van der Waals surface area contributed by atoms with Crippen LogP contribution in [0.1, 0.15) is 22.2 Å². The molecule has 0 bridgehead atoms. The van der Waals surface area contributed by atoms with Gasteiger partial charge in [-0.05, 0) is 19.1 Å². The molecule has 0 radical (unpaired) electrons.